The summed E-state index contributed by atoms with van der Waals surface area (Å²) in [4.78, 5) is 33.6. The number of carbonyl (C=O) groups is 2. The van der Waals surface area contributed by atoms with Crippen LogP contribution in [0.4, 0.5) is 11.4 Å². The van der Waals surface area contributed by atoms with Crippen LogP contribution in [0.15, 0.2) is 42.5 Å². The van der Waals surface area contributed by atoms with Crippen LogP contribution in [0.25, 0.3) is 0 Å². The van der Waals surface area contributed by atoms with Crippen LogP contribution in [0, 0.1) is 10.1 Å². The third-order valence-corrected chi connectivity index (χ3v) is 4.15. The Morgan fingerprint density at radius 1 is 1.08 bits per heavy atom. The predicted octanol–water partition coefficient (Wildman–Crippen LogP) is 4.36. The maximum Gasteiger partial charge on any atom is 0.306 e. The molecule has 0 saturated carbocycles. The molecule has 26 heavy (non-hydrogen) atoms. The van der Waals surface area contributed by atoms with Crippen LogP contribution in [0.5, 0.6) is 0 Å². The van der Waals surface area contributed by atoms with Gasteiger partial charge in [0, 0.05) is 18.6 Å². The molecule has 0 heterocycles. The number of amides is 1. The largest absolute Gasteiger partial charge is 0.461 e. The van der Waals surface area contributed by atoms with Gasteiger partial charge in [-0.1, -0.05) is 29.3 Å². The standard InChI is InChI=1S/C17H14Cl2N2O5/c18-13-2-1-3-14(17(13)19)20-15(22)8-9-16(23)26-10-11-4-6-12(7-5-11)21(24)25/h1-7H,8-10H2,(H,20,22). The highest BCUT2D eigenvalue weighted by molar-refractivity contribution is 6.43. The Morgan fingerprint density at radius 2 is 1.77 bits per heavy atom. The van der Waals surface area contributed by atoms with Gasteiger partial charge in [-0.3, -0.25) is 19.7 Å². The van der Waals surface area contributed by atoms with Crippen LogP contribution in [-0.4, -0.2) is 16.8 Å². The highest BCUT2D eigenvalue weighted by Gasteiger charge is 2.12. The summed E-state index contributed by atoms with van der Waals surface area (Å²) in [6.07, 6.45) is -0.195. The maximum atomic E-state index is 11.9. The van der Waals surface area contributed by atoms with Crippen molar-refractivity contribution in [2.24, 2.45) is 0 Å². The lowest BCUT2D eigenvalue weighted by molar-refractivity contribution is -0.384. The number of hydrogen-bond donors (Lipinski definition) is 1. The molecule has 1 N–H and O–H groups in total. The van der Waals surface area contributed by atoms with Gasteiger partial charge in [-0.15, -0.1) is 0 Å². The lowest BCUT2D eigenvalue weighted by Gasteiger charge is -2.08. The highest BCUT2D eigenvalue weighted by atomic mass is 35.5. The Balaban J connectivity index is 1.76. The van der Waals surface area contributed by atoms with Crippen molar-refractivity contribution >= 4 is 46.5 Å². The van der Waals surface area contributed by atoms with E-state index in [2.05, 4.69) is 5.32 Å². The zero-order valence-electron chi connectivity index (χ0n) is 13.4. The number of esters is 1. The molecule has 0 aromatic heterocycles. The average Bonchev–Trinajstić information content (AvgIpc) is 2.62. The second kappa shape index (κ2) is 9.17. The number of ether oxygens (including phenoxy) is 1. The first-order valence-corrected chi connectivity index (χ1v) is 8.25. The fraction of sp³-hybridized carbons (Fsp3) is 0.176. The van der Waals surface area contributed by atoms with E-state index in [1.54, 1.807) is 18.2 Å². The zero-order chi connectivity index (χ0) is 19.1. The summed E-state index contributed by atoms with van der Waals surface area (Å²) >= 11 is 11.8. The Bertz CT molecular complexity index is 824. The monoisotopic (exact) mass is 396 g/mol. The van der Waals surface area contributed by atoms with E-state index in [9.17, 15) is 19.7 Å². The number of nitrogens with one attached hydrogen (secondary N) is 1. The summed E-state index contributed by atoms with van der Waals surface area (Å²) in [7, 11) is 0. The third kappa shape index (κ3) is 5.72. The second-order valence-corrected chi connectivity index (χ2v) is 6.02. The topological polar surface area (TPSA) is 98.5 Å². The molecule has 0 radical (unpaired) electrons. The summed E-state index contributed by atoms with van der Waals surface area (Å²) in [5, 5.41) is 13.7. The van der Waals surface area contributed by atoms with E-state index in [1.807, 2.05) is 0 Å². The van der Waals surface area contributed by atoms with Gasteiger partial charge in [0.1, 0.15) is 6.61 Å². The van der Waals surface area contributed by atoms with Crippen molar-refractivity contribution in [2.45, 2.75) is 19.4 Å². The fourth-order valence-electron chi connectivity index (χ4n) is 1.98. The Labute approximate surface area is 159 Å². The van der Waals surface area contributed by atoms with Gasteiger partial charge in [-0.25, -0.2) is 0 Å². The molecule has 0 atom stereocenters. The Kier molecular flexibility index (Phi) is 6.94. The molecule has 0 aliphatic heterocycles. The Morgan fingerprint density at radius 3 is 2.42 bits per heavy atom. The normalized spacial score (nSPS) is 10.2. The predicted molar refractivity (Wildman–Crippen MR) is 97.2 cm³/mol. The summed E-state index contributed by atoms with van der Waals surface area (Å²) in [6, 6.07) is 10.5. The van der Waals surface area contributed by atoms with Crippen molar-refractivity contribution < 1.29 is 19.2 Å². The summed E-state index contributed by atoms with van der Waals surface area (Å²) in [5.41, 5.74) is 0.930. The molecule has 9 heteroatoms. The molecule has 2 aromatic carbocycles. The quantitative estimate of drug-likeness (QED) is 0.425. The minimum absolute atomic E-state index is 0.0292. The van der Waals surface area contributed by atoms with E-state index in [0.717, 1.165) is 0 Å². The Hall–Kier alpha value is -2.64. The molecule has 2 aromatic rings. The van der Waals surface area contributed by atoms with E-state index in [-0.39, 0.29) is 30.2 Å². The van der Waals surface area contributed by atoms with E-state index >= 15 is 0 Å². The van der Waals surface area contributed by atoms with Crippen molar-refractivity contribution in [3.8, 4) is 0 Å². The minimum atomic E-state index is -0.560. The molecule has 7 nitrogen and oxygen atoms in total. The van der Waals surface area contributed by atoms with Gasteiger partial charge in [0.05, 0.1) is 27.1 Å². The van der Waals surface area contributed by atoms with Crippen LogP contribution in [0.1, 0.15) is 18.4 Å². The SMILES string of the molecule is O=C(CCC(=O)OCc1ccc([N+](=O)[O-])cc1)Nc1cccc(Cl)c1Cl. The number of nitrogens with zero attached hydrogens (tertiary/aromatic N) is 1. The van der Waals surface area contributed by atoms with Crippen molar-refractivity contribution in [2.75, 3.05) is 5.32 Å². The maximum absolute atomic E-state index is 11.9. The number of carbonyl (C=O) groups excluding carboxylic acids is 2. The third-order valence-electron chi connectivity index (χ3n) is 3.33. The van der Waals surface area contributed by atoms with Gasteiger partial charge in [0.15, 0.2) is 0 Å². The van der Waals surface area contributed by atoms with Gasteiger partial charge in [0.25, 0.3) is 5.69 Å². The van der Waals surface area contributed by atoms with Crippen molar-refractivity contribution in [3.63, 3.8) is 0 Å². The molecular formula is C17H14Cl2N2O5. The van der Waals surface area contributed by atoms with Crippen LogP contribution < -0.4 is 5.32 Å². The smallest absolute Gasteiger partial charge is 0.306 e. The molecule has 0 spiro atoms. The van der Waals surface area contributed by atoms with Crippen molar-refractivity contribution in [3.05, 3.63) is 68.2 Å². The highest BCUT2D eigenvalue weighted by Crippen LogP contribution is 2.29. The van der Waals surface area contributed by atoms with Crippen molar-refractivity contribution in [1.82, 2.24) is 0 Å². The average molecular weight is 397 g/mol. The van der Waals surface area contributed by atoms with E-state index in [0.29, 0.717) is 16.3 Å². The van der Waals surface area contributed by atoms with E-state index in [1.165, 1.54) is 24.3 Å². The number of hydrogen-bond acceptors (Lipinski definition) is 5. The second-order valence-electron chi connectivity index (χ2n) is 5.23. The van der Waals surface area contributed by atoms with Crippen LogP contribution in [0.3, 0.4) is 0 Å². The molecule has 0 aliphatic carbocycles. The number of rotatable bonds is 7. The number of benzene rings is 2. The van der Waals surface area contributed by atoms with Gasteiger partial charge in [0.2, 0.25) is 5.91 Å². The number of anilines is 1. The van der Waals surface area contributed by atoms with Crippen molar-refractivity contribution in [1.29, 1.82) is 0 Å². The van der Waals surface area contributed by atoms with Gasteiger partial charge in [-0.2, -0.15) is 0 Å². The number of nitro groups is 1. The van der Waals surface area contributed by atoms with Gasteiger partial charge >= 0.3 is 5.97 Å². The lowest BCUT2D eigenvalue weighted by Crippen LogP contribution is -2.14. The van der Waals surface area contributed by atoms with E-state index in [4.69, 9.17) is 27.9 Å². The first-order valence-electron chi connectivity index (χ1n) is 7.49. The number of halogens is 2. The number of nitro benzene ring substituents is 1. The fourth-order valence-corrected chi connectivity index (χ4v) is 2.33. The minimum Gasteiger partial charge on any atom is -0.461 e. The first-order chi connectivity index (χ1) is 12.4. The molecule has 136 valence electrons. The molecule has 0 fully saturated rings. The molecule has 0 saturated heterocycles. The van der Waals surface area contributed by atoms with Gasteiger partial charge < -0.3 is 10.1 Å². The van der Waals surface area contributed by atoms with E-state index < -0.39 is 16.8 Å². The molecular weight excluding hydrogens is 383 g/mol. The summed E-state index contributed by atoms with van der Waals surface area (Å²) in [6.45, 7) is -0.0292. The van der Waals surface area contributed by atoms with Gasteiger partial charge in [-0.05, 0) is 29.8 Å². The van der Waals surface area contributed by atoms with Crippen LogP contribution in [-0.2, 0) is 20.9 Å². The zero-order valence-corrected chi connectivity index (χ0v) is 14.9. The molecule has 0 bridgehead atoms. The number of non-ortho nitro benzene ring substituents is 1. The molecule has 0 aliphatic rings. The first kappa shape index (κ1) is 19.7. The summed E-state index contributed by atoms with van der Waals surface area (Å²) < 4.78 is 5.04. The van der Waals surface area contributed by atoms with Crippen LogP contribution in [0.2, 0.25) is 10.0 Å². The molecule has 2 rings (SSSR count). The summed E-state index contributed by atoms with van der Waals surface area (Å²) in [5.74, 6) is -0.961. The lowest BCUT2D eigenvalue weighted by atomic mass is 10.2. The molecule has 1 amide bonds. The van der Waals surface area contributed by atoms with Crippen LogP contribution >= 0.6 is 23.2 Å². The molecule has 0 unspecified atom stereocenters.